The molecule has 1 fully saturated rings. The Labute approximate surface area is 143 Å². The lowest BCUT2D eigenvalue weighted by molar-refractivity contribution is 0.0935. The number of aromatic amines is 1. The molecule has 4 rings (SSSR count). The van der Waals surface area contributed by atoms with Crippen LogP contribution in [0.5, 0.6) is 0 Å². The van der Waals surface area contributed by atoms with Gasteiger partial charge in [0.1, 0.15) is 5.69 Å². The molecule has 2 aromatic heterocycles. The minimum atomic E-state index is -0.115. The Morgan fingerprint density at radius 2 is 2.21 bits per heavy atom. The van der Waals surface area contributed by atoms with E-state index in [1.807, 2.05) is 41.9 Å². The zero-order valence-electron chi connectivity index (χ0n) is 13.0. The van der Waals surface area contributed by atoms with Crippen molar-refractivity contribution in [1.82, 2.24) is 20.5 Å². The summed E-state index contributed by atoms with van der Waals surface area (Å²) in [5.74, 6) is -0.115. The van der Waals surface area contributed by atoms with Crippen molar-refractivity contribution in [2.45, 2.75) is 12.5 Å². The quantitative estimate of drug-likeness (QED) is 0.766. The number of hydrogen-bond donors (Lipinski definition) is 2. The Kier molecular flexibility index (Phi) is 4.00. The molecule has 24 heavy (non-hydrogen) atoms. The third kappa shape index (κ3) is 3.03. The summed E-state index contributed by atoms with van der Waals surface area (Å²) in [5.41, 5.74) is 2.25. The second kappa shape index (κ2) is 6.45. The van der Waals surface area contributed by atoms with Gasteiger partial charge in [0, 0.05) is 36.3 Å². The van der Waals surface area contributed by atoms with Crippen LogP contribution in [0.3, 0.4) is 0 Å². The van der Waals surface area contributed by atoms with Crippen molar-refractivity contribution in [3.05, 3.63) is 53.7 Å². The number of rotatable bonds is 4. The monoisotopic (exact) mass is 339 g/mol. The van der Waals surface area contributed by atoms with Crippen LogP contribution in [0.1, 0.15) is 16.9 Å². The Morgan fingerprint density at radius 3 is 3.00 bits per heavy atom. The molecule has 0 bridgehead atoms. The van der Waals surface area contributed by atoms with E-state index in [2.05, 4.69) is 25.4 Å². The molecule has 2 N–H and O–H groups in total. The van der Waals surface area contributed by atoms with Crippen LogP contribution in [0, 0.1) is 0 Å². The van der Waals surface area contributed by atoms with E-state index >= 15 is 0 Å². The van der Waals surface area contributed by atoms with Gasteiger partial charge < -0.3 is 10.2 Å². The van der Waals surface area contributed by atoms with Gasteiger partial charge in [-0.2, -0.15) is 5.10 Å². The van der Waals surface area contributed by atoms with Gasteiger partial charge in [-0.1, -0.05) is 30.3 Å². The van der Waals surface area contributed by atoms with Crippen LogP contribution in [0.4, 0.5) is 5.13 Å². The maximum atomic E-state index is 12.4. The molecular weight excluding hydrogens is 322 g/mol. The van der Waals surface area contributed by atoms with E-state index in [-0.39, 0.29) is 11.9 Å². The summed E-state index contributed by atoms with van der Waals surface area (Å²) in [6, 6.07) is 11.7. The van der Waals surface area contributed by atoms with Crippen LogP contribution in [0.25, 0.3) is 11.3 Å². The number of benzene rings is 1. The molecule has 1 amide bonds. The Balaban J connectivity index is 1.40. The molecule has 0 saturated carbocycles. The van der Waals surface area contributed by atoms with Crippen molar-refractivity contribution in [3.8, 4) is 11.3 Å². The van der Waals surface area contributed by atoms with Crippen LogP contribution >= 0.6 is 11.3 Å². The summed E-state index contributed by atoms with van der Waals surface area (Å²) in [4.78, 5) is 19.0. The molecule has 0 aliphatic carbocycles. The average molecular weight is 339 g/mol. The minimum Gasteiger partial charge on any atom is -0.346 e. The van der Waals surface area contributed by atoms with E-state index in [1.165, 1.54) is 0 Å². The molecule has 6 nitrogen and oxygen atoms in total. The molecule has 122 valence electrons. The van der Waals surface area contributed by atoms with Crippen LogP contribution in [-0.4, -0.2) is 40.2 Å². The fraction of sp³-hybridized carbons (Fsp3) is 0.235. The molecule has 1 aromatic carbocycles. The van der Waals surface area contributed by atoms with Gasteiger partial charge in [-0.25, -0.2) is 4.98 Å². The highest BCUT2D eigenvalue weighted by Gasteiger charge is 2.26. The van der Waals surface area contributed by atoms with Crippen LogP contribution in [-0.2, 0) is 0 Å². The van der Waals surface area contributed by atoms with E-state index in [0.29, 0.717) is 5.69 Å². The predicted molar refractivity (Wildman–Crippen MR) is 94.2 cm³/mol. The van der Waals surface area contributed by atoms with Crippen LogP contribution in [0.2, 0.25) is 0 Å². The normalized spacial score (nSPS) is 17.2. The lowest BCUT2D eigenvalue weighted by Crippen LogP contribution is -2.37. The van der Waals surface area contributed by atoms with Crippen molar-refractivity contribution in [3.63, 3.8) is 0 Å². The molecule has 3 aromatic rings. The Morgan fingerprint density at radius 1 is 1.33 bits per heavy atom. The van der Waals surface area contributed by atoms with Gasteiger partial charge in [0.25, 0.3) is 5.91 Å². The van der Waals surface area contributed by atoms with Gasteiger partial charge in [-0.15, -0.1) is 11.3 Å². The molecule has 0 radical (unpaired) electrons. The second-order valence-corrected chi connectivity index (χ2v) is 6.63. The molecule has 1 atom stereocenters. The standard InChI is InChI=1S/C17H17N5OS/c23-16(15-10-14(20-21-15)12-4-2-1-3-5-12)19-13-6-8-22(11-13)17-18-7-9-24-17/h1-5,7,9-10,13H,6,8,11H2,(H,19,23)(H,20,21)/t13-/m0/s1. The van der Waals surface area contributed by atoms with Gasteiger partial charge in [-0.05, 0) is 12.5 Å². The second-order valence-electron chi connectivity index (χ2n) is 5.75. The number of amides is 1. The van der Waals surface area contributed by atoms with Crippen LogP contribution in [0.15, 0.2) is 48.0 Å². The molecule has 1 aliphatic heterocycles. The highest BCUT2D eigenvalue weighted by atomic mass is 32.1. The van der Waals surface area contributed by atoms with Crippen molar-refractivity contribution in [2.75, 3.05) is 18.0 Å². The summed E-state index contributed by atoms with van der Waals surface area (Å²) >= 11 is 1.62. The lowest BCUT2D eigenvalue weighted by atomic mass is 10.1. The number of hydrogen-bond acceptors (Lipinski definition) is 5. The first-order valence-corrected chi connectivity index (χ1v) is 8.74. The van der Waals surface area contributed by atoms with Gasteiger partial charge in [0.05, 0.1) is 5.69 Å². The third-order valence-electron chi connectivity index (χ3n) is 4.11. The fourth-order valence-corrected chi connectivity index (χ4v) is 3.56. The number of nitrogens with zero attached hydrogens (tertiary/aromatic N) is 3. The van der Waals surface area contributed by atoms with Crippen molar-refractivity contribution < 1.29 is 4.79 Å². The number of thiazole rings is 1. The highest BCUT2D eigenvalue weighted by molar-refractivity contribution is 7.13. The third-order valence-corrected chi connectivity index (χ3v) is 4.94. The summed E-state index contributed by atoms with van der Waals surface area (Å²) in [7, 11) is 0. The average Bonchev–Trinajstić information content (AvgIpc) is 3.36. The number of H-pyrrole nitrogens is 1. The summed E-state index contributed by atoms with van der Waals surface area (Å²) in [6.07, 6.45) is 2.73. The van der Waals surface area contributed by atoms with Crippen molar-refractivity contribution in [1.29, 1.82) is 0 Å². The van der Waals surface area contributed by atoms with Gasteiger partial charge in [-0.3, -0.25) is 9.89 Å². The number of carbonyl (C=O) groups is 1. The maximum Gasteiger partial charge on any atom is 0.269 e. The minimum absolute atomic E-state index is 0.115. The topological polar surface area (TPSA) is 73.9 Å². The largest absolute Gasteiger partial charge is 0.346 e. The molecule has 0 unspecified atom stereocenters. The first kappa shape index (κ1) is 14.9. The highest BCUT2D eigenvalue weighted by Crippen LogP contribution is 2.22. The zero-order chi connectivity index (χ0) is 16.4. The molecule has 0 spiro atoms. The number of aromatic nitrogens is 3. The number of carbonyl (C=O) groups excluding carboxylic acids is 1. The molecular formula is C17H17N5OS. The first-order chi connectivity index (χ1) is 11.8. The number of anilines is 1. The van der Waals surface area contributed by atoms with E-state index < -0.39 is 0 Å². The molecule has 7 heteroatoms. The summed E-state index contributed by atoms with van der Waals surface area (Å²) in [5, 5.41) is 13.1. The smallest absolute Gasteiger partial charge is 0.269 e. The van der Waals surface area contributed by atoms with E-state index in [4.69, 9.17) is 0 Å². The van der Waals surface area contributed by atoms with E-state index in [1.54, 1.807) is 17.4 Å². The zero-order valence-corrected chi connectivity index (χ0v) is 13.8. The predicted octanol–water partition coefficient (Wildman–Crippen LogP) is 2.54. The summed E-state index contributed by atoms with van der Waals surface area (Å²) in [6.45, 7) is 1.70. The van der Waals surface area contributed by atoms with E-state index in [9.17, 15) is 4.79 Å². The maximum absolute atomic E-state index is 12.4. The molecule has 1 saturated heterocycles. The molecule has 3 heterocycles. The van der Waals surface area contributed by atoms with Gasteiger partial charge >= 0.3 is 0 Å². The molecule has 1 aliphatic rings. The van der Waals surface area contributed by atoms with Crippen LogP contribution < -0.4 is 10.2 Å². The van der Waals surface area contributed by atoms with Gasteiger partial charge in [0.15, 0.2) is 5.13 Å². The Bertz CT molecular complexity index is 815. The lowest BCUT2D eigenvalue weighted by Gasteiger charge is -2.15. The SMILES string of the molecule is O=C(N[C@H]1CCN(c2nccs2)C1)c1cc(-c2ccccc2)n[nH]1. The Hall–Kier alpha value is -2.67. The first-order valence-electron chi connectivity index (χ1n) is 7.86. The number of nitrogens with one attached hydrogen (secondary N) is 2. The van der Waals surface area contributed by atoms with Gasteiger partial charge in [0.2, 0.25) is 0 Å². The van der Waals surface area contributed by atoms with Crippen molar-refractivity contribution >= 4 is 22.4 Å². The van der Waals surface area contributed by atoms with E-state index in [0.717, 1.165) is 35.9 Å². The van der Waals surface area contributed by atoms with Crippen molar-refractivity contribution in [2.24, 2.45) is 0 Å². The summed E-state index contributed by atoms with van der Waals surface area (Å²) < 4.78 is 0. The fourth-order valence-electron chi connectivity index (χ4n) is 2.88.